The Balaban J connectivity index is 1.53. The highest BCUT2D eigenvalue weighted by Gasteiger charge is 2.42. The van der Waals surface area contributed by atoms with E-state index in [1.54, 1.807) is 7.05 Å². The number of carbonyl (C=O) groups is 2. The van der Waals surface area contributed by atoms with Crippen LogP contribution in [0.1, 0.15) is 37.5 Å². The van der Waals surface area contributed by atoms with E-state index < -0.39 is 0 Å². The maximum Gasteiger partial charge on any atom is 0.232 e. The molecule has 2 fully saturated rings. The molecule has 0 spiro atoms. The molecule has 0 bridgehead atoms. The second kappa shape index (κ2) is 8.73. The van der Waals surface area contributed by atoms with E-state index in [9.17, 15) is 9.59 Å². The Morgan fingerprint density at radius 1 is 1.03 bits per heavy atom. The normalized spacial score (nSPS) is 24.9. The molecule has 3 unspecified atom stereocenters. The van der Waals surface area contributed by atoms with Crippen LogP contribution in [0.15, 0.2) is 34.9 Å². The van der Waals surface area contributed by atoms with Gasteiger partial charge in [0.1, 0.15) is 0 Å². The maximum atomic E-state index is 12.8. The maximum absolute atomic E-state index is 12.8. The molecule has 2 amide bonds. The molecular weight excluding hydrogens is 372 g/mol. The first-order chi connectivity index (χ1) is 14.2. The number of rotatable bonds is 5. The van der Waals surface area contributed by atoms with Crippen LogP contribution in [0.4, 0.5) is 0 Å². The minimum Gasteiger partial charge on any atom is -0.381 e. The van der Waals surface area contributed by atoms with Crippen LogP contribution >= 0.6 is 0 Å². The Labute approximate surface area is 169 Å². The average molecular weight is 398 g/mol. The van der Waals surface area contributed by atoms with Crippen molar-refractivity contribution in [3.63, 3.8) is 0 Å². The number of aromatic nitrogens is 2. The van der Waals surface area contributed by atoms with E-state index in [1.807, 2.05) is 30.3 Å². The van der Waals surface area contributed by atoms with Crippen LogP contribution in [0.25, 0.3) is 11.4 Å². The highest BCUT2D eigenvalue weighted by Crippen LogP contribution is 2.39. The van der Waals surface area contributed by atoms with Gasteiger partial charge in [0.25, 0.3) is 0 Å². The summed E-state index contributed by atoms with van der Waals surface area (Å²) in [4.78, 5) is 29.6. The fourth-order valence-corrected chi connectivity index (χ4v) is 4.24. The molecule has 3 atom stereocenters. The zero-order valence-electron chi connectivity index (χ0n) is 16.5. The molecule has 1 saturated heterocycles. The molecule has 4 rings (SSSR count). The van der Waals surface area contributed by atoms with Gasteiger partial charge in [-0.1, -0.05) is 35.5 Å². The van der Waals surface area contributed by atoms with Gasteiger partial charge in [-0.3, -0.25) is 9.59 Å². The first-order valence-electron chi connectivity index (χ1n) is 10.1. The number of benzene rings is 1. The average Bonchev–Trinajstić information content (AvgIpc) is 3.42. The SMILES string of the molecule is CNC(=O)C1CC(NC(=O)C2CCOCC2)C(c2nc(-c3ccccc3)no2)C1. The minimum absolute atomic E-state index is 0.0173. The Kier molecular flexibility index (Phi) is 5.89. The van der Waals surface area contributed by atoms with Crippen LogP contribution < -0.4 is 10.6 Å². The van der Waals surface area contributed by atoms with Crippen molar-refractivity contribution in [3.8, 4) is 11.4 Å². The smallest absolute Gasteiger partial charge is 0.232 e. The topological polar surface area (TPSA) is 106 Å². The van der Waals surface area contributed by atoms with Crippen molar-refractivity contribution in [3.05, 3.63) is 36.2 Å². The summed E-state index contributed by atoms with van der Waals surface area (Å²) in [5, 5.41) is 9.97. The van der Waals surface area contributed by atoms with Gasteiger partial charge in [-0.2, -0.15) is 4.98 Å². The molecule has 1 aromatic carbocycles. The summed E-state index contributed by atoms with van der Waals surface area (Å²) in [5.74, 6) is 0.532. The third kappa shape index (κ3) is 4.32. The molecule has 8 heteroatoms. The van der Waals surface area contributed by atoms with Crippen molar-refractivity contribution in [1.29, 1.82) is 0 Å². The number of nitrogens with one attached hydrogen (secondary N) is 2. The van der Waals surface area contributed by atoms with E-state index in [-0.39, 0.29) is 35.6 Å². The van der Waals surface area contributed by atoms with E-state index in [2.05, 4.69) is 20.8 Å². The van der Waals surface area contributed by atoms with E-state index in [0.29, 0.717) is 37.8 Å². The predicted octanol–water partition coefficient (Wildman–Crippen LogP) is 1.89. The lowest BCUT2D eigenvalue weighted by atomic mass is 9.97. The summed E-state index contributed by atoms with van der Waals surface area (Å²) in [6.45, 7) is 1.22. The lowest BCUT2D eigenvalue weighted by Gasteiger charge is -2.25. The lowest BCUT2D eigenvalue weighted by Crippen LogP contribution is -2.42. The molecule has 2 aromatic rings. The molecule has 1 aliphatic carbocycles. The van der Waals surface area contributed by atoms with Gasteiger partial charge in [-0.15, -0.1) is 0 Å². The molecule has 2 heterocycles. The molecule has 1 aromatic heterocycles. The van der Waals surface area contributed by atoms with Gasteiger partial charge in [0.05, 0.1) is 5.92 Å². The number of ether oxygens (including phenoxy) is 1. The van der Waals surface area contributed by atoms with Crippen LogP contribution in [-0.2, 0) is 14.3 Å². The molecule has 1 saturated carbocycles. The first kappa shape index (κ1) is 19.6. The summed E-state index contributed by atoms with van der Waals surface area (Å²) in [6, 6.07) is 9.38. The first-order valence-corrected chi connectivity index (χ1v) is 10.1. The van der Waals surface area contributed by atoms with Crippen LogP contribution in [-0.4, -0.2) is 48.3 Å². The molecule has 2 aliphatic rings. The van der Waals surface area contributed by atoms with E-state index in [1.165, 1.54) is 0 Å². The Hall–Kier alpha value is -2.74. The molecule has 29 heavy (non-hydrogen) atoms. The fraction of sp³-hybridized carbons (Fsp3) is 0.524. The third-order valence-corrected chi connectivity index (χ3v) is 5.89. The van der Waals surface area contributed by atoms with E-state index >= 15 is 0 Å². The minimum atomic E-state index is -0.211. The largest absolute Gasteiger partial charge is 0.381 e. The number of carbonyl (C=O) groups excluding carboxylic acids is 2. The molecule has 1 aliphatic heterocycles. The van der Waals surface area contributed by atoms with E-state index in [4.69, 9.17) is 9.26 Å². The van der Waals surface area contributed by atoms with E-state index in [0.717, 1.165) is 18.4 Å². The van der Waals surface area contributed by atoms with Gasteiger partial charge in [0.15, 0.2) is 0 Å². The Morgan fingerprint density at radius 2 is 1.79 bits per heavy atom. The molecular formula is C21H26N4O4. The van der Waals surface area contributed by atoms with Gasteiger partial charge >= 0.3 is 0 Å². The Morgan fingerprint density at radius 3 is 2.52 bits per heavy atom. The van der Waals surface area contributed by atoms with Gasteiger partial charge in [-0.25, -0.2) is 0 Å². The fourth-order valence-electron chi connectivity index (χ4n) is 4.24. The zero-order valence-corrected chi connectivity index (χ0v) is 16.5. The van der Waals surface area contributed by atoms with Crippen molar-refractivity contribution in [2.45, 2.75) is 37.6 Å². The second-order valence-electron chi connectivity index (χ2n) is 7.71. The Bertz CT molecular complexity index is 847. The van der Waals surface area contributed by atoms with Crippen LogP contribution in [0.5, 0.6) is 0 Å². The predicted molar refractivity (Wildman–Crippen MR) is 105 cm³/mol. The van der Waals surface area contributed by atoms with Crippen molar-refractivity contribution in [2.75, 3.05) is 20.3 Å². The molecule has 8 nitrogen and oxygen atoms in total. The zero-order chi connectivity index (χ0) is 20.2. The van der Waals surface area contributed by atoms with Gasteiger partial charge in [-0.05, 0) is 25.7 Å². The highest BCUT2D eigenvalue weighted by molar-refractivity contribution is 5.81. The second-order valence-corrected chi connectivity index (χ2v) is 7.71. The van der Waals surface area contributed by atoms with Gasteiger partial charge in [0.2, 0.25) is 23.5 Å². The quantitative estimate of drug-likeness (QED) is 0.797. The third-order valence-electron chi connectivity index (χ3n) is 5.89. The summed E-state index contributed by atoms with van der Waals surface area (Å²) >= 11 is 0. The number of amides is 2. The highest BCUT2D eigenvalue weighted by atomic mass is 16.5. The summed E-state index contributed by atoms with van der Waals surface area (Å²) in [7, 11) is 1.63. The monoisotopic (exact) mass is 398 g/mol. The van der Waals surface area contributed by atoms with Gasteiger partial charge in [0, 0.05) is 43.7 Å². The van der Waals surface area contributed by atoms with Crippen molar-refractivity contribution in [2.24, 2.45) is 11.8 Å². The summed E-state index contributed by atoms with van der Waals surface area (Å²) < 4.78 is 10.9. The number of nitrogens with zero attached hydrogens (tertiary/aromatic N) is 2. The summed E-state index contributed by atoms with van der Waals surface area (Å²) in [5.41, 5.74) is 0.867. The number of hydrogen-bond acceptors (Lipinski definition) is 6. The lowest BCUT2D eigenvalue weighted by molar-refractivity contribution is -0.129. The van der Waals surface area contributed by atoms with Crippen molar-refractivity contribution >= 4 is 11.8 Å². The molecule has 2 N–H and O–H groups in total. The van der Waals surface area contributed by atoms with Gasteiger partial charge < -0.3 is 19.9 Å². The molecule has 0 radical (unpaired) electrons. The van der Waals surface area contributed by atoms with Crippen LogP contribution in [0.3, 0.4) is 0 Å². The van der Waals surface area contributed by atoms with Crippen LogP contribution in [0, 0.1) is 11.8 Å². The number of hydrogen-bond donors (Lipinski definition) is 2. The molecule has 154 valence electrons. The standard InChI is InChI=1S/C21H26N4O4/c1-22-19(26)15-11-16(17(12-15)23-20(27)14-7-9-28-10-8-14)21-24-18(25-29-21)13-5-3-2-4-6-13/h2-6,14-17H,7-12H2,1H3,(H,22,26)(H,23,27). The van der Waals surface area contributed by atoms with Crippen molar-refractivity contribution < 1.29 is 18.8 Å². The van der Waals surface area contributed by atoms with Crippen molar-refractivity contribution in [1.82, 2.24) is 20.8 Å². The summed E-state index contributed by atoms with van der Waals surface area (Å²) in [6.07, 6.45) is 2.57. The van der Waals surface area contributed by atoms with Crippen LogP contribution in [0.2, 0.25) is 0 Å².